The van der Waals surface area contributed by atoms with Gasteiger partial charge in [-0.3, -0.25) is 0 Å². The van der Waals surface area contributed by atoms with E-state index < -0.39 is 5.60 Å². The molecule has 3 heteroatoms. The molecule has 0 spiro atoms. The lowest BCUT2D eigenvalue weighted by Gasteiger charge is -2.38. The Kier molecular flexibility index (Phi) is 4.03. The molecule has 1 heterocycles. The van der Waals surface area contributed by atoms with Crippen LogP contribution in [-0.4, -0.2) is 34.5 Å². The van der Waals surface area contributed by atoms with Gasteiger partial charge in [-0.25, -0.2) is 0 Å². The Morgan fingerprint density at radius 1 is 1.21 bits per heavy atom. The Bertz CT molecular complexity index is 327. The largest absolute Gasteiger partial charge is 0.389 e. The van der Waals surface area contributed by atoms with Crippen LogP contribution in [0.5, 0.6) is 0 Å². The number of hydrogen-bond donors (Lipinski definition) is 2. The molecule has 0 aromatic carbocycles. The van der Waals surface area contributed by atoms with E-state index in [0.717, 1.165) is 25.7 Å². The van der Waals surface area contributed by atoms with Gasteiger partial charge in [0.2, 0.25) is 0 Å². The van der Waals surface area contributed by atoms with Crippen molar-refractivity contribution in [1.29, 1.82) is 0 Å². The van der Waals surface area contributed by atoms with Gasteiger partial charge < -0.3 is 15.2 Å². The zero-order valence-electron chi connectivity index (χ0n) is 13.3. The first-order valence-corrected chi connectivity index (χ1v) is 7.78. The second-order valence-electron chi connectivity index (χ2n) is 8.03. The molecule has 1 aliphatic heterocycles. The highest BCUT2D eigenvalue weighted by Gasteiger charge is 2.46. The Hall–Kier alpha value is -0.120. The summed E-state index contributed by atoms with van der Waals surface area (Å²) in [5, 5.41) is 14.3. The number of hydrogen-bond acceptors (Lipinski definition) is 3. The Labute approximate surface area is 118 Å². The van der Waals surface area contributed by atoms with Crippen LogP contribution < -0.4 is 5.32 Å². The van der Waals surface area contributed by atoms with Crippen LogP contribution in [0.1, 0.15) is 66.7 Å². The van der Waals surface area contributed by atoms with E-state index in [4.69, 9.17) is 4.74 Å². The summed E-state index contributed by atoms with van der Waals surface area (Å²) in [6.45, 7) is 11.5. The van der Waals surface area contributed by atoms with Gasteiger partial charge in [0.15, 0.2) is 0 Å². The summed E-state index contributed by atoms with van der Waals surface area (Å²) in [6, 6.07) is 0.323. The predicted octanol–water partition coefficient (Wildman–Crippen LogP) is 2.86. The molecule has 0 radical (unpaired) electrons. The van der Waals surface area contributed by atoms with E-state index in [0.29, 0.717) is 18.5 Å². The molecular formula is C16H31NO2. The second-order valence-corrected chi connectivity index (χ2v) is 8.03. The molecule has 2 aliphatic rings. The quantitative estimate of drug-likeness (QED) is 0.828. The molecule has 3 atom stereocenters. The minimum absolute atomic E-state index is 0.0658. The van der Waals surface area contributed by atoms with Crippen molar-refractivity contribution in [2.45, 2.75) is 89.6 Å². The normalized spacial score (nSPS) is 41.4. The van der Waals surface area contributed by atoms with Crippen molar-refractivity contribution in [2.75, 3.05) is 6.54 Å². The Morgan fingerprint density at radius 3 is 2.42 bits per heavy atom. The fourth-order valence-electron chi connectivity index (χ4n) is 3.99. The standard InChI is InChI=1S/C16H31NO2/c1-12-7-6-8-16(18,9-12)11-17-13-10-14(2,3)19-15(13,4)5/h12-13,17-18H,6-11H2,1-5H3. The Morgan fingerprint density at radius 2 is 1.89 bits per heavy atom. The van der Waals surface area contributed by atoms with Gasteiger partial charge in [-0.2, -0.15) is 0 Å². The lowest BCUT2D eigenvalue weighted by Crippen LogP contribution is -2.51. The van der Waals surface area contributed by atoms with E-state index in [1.807, 2.05) is 0 Å². The van der Waals surface area contributed by atoms with Crippen molar-refractivity contribution >= 4 is 0 Å². The topological polar surface area (TPSA) is 41.5 Å². The molecule has 3 unspecified atom stereocenters. The van der Waals surface area contributed by atoms with Gasteiger partial charge >= 0.3 is 0 Å². The summed E-state index contributed by atoms with van der Waals surface area (Å²) in [5.74, 6) is 0.643. The molecule has 2 N–H and O–H groups in total. The van der Waals surface area contributed by atoms with Crippen LogP contribution >= 0.6 is 0 Å². The number of ether oxygens (including phenoxy) is 1. The van der Waals surface area contributed by atoms with Gasteiger partial charge in [-0.05, 0) is 52.9 Å². The van der Waals surface area contributed by atoms with Crippen LogP contribution in [-0.2, 0) is 4.74 Å². The average Bonchev–Trinajstić information content (AvgIpc) is 2.43. The van der Waals surface area contributed by atoms with Crippen LogP contribution in [0.25, 0.3) is 0 Å². The minimum Gasteiger partial charge on any atom is -0.389 e. The molecule has 1 saturated heterocycles. The molecule has 0 aromatic rings. The fraction of sp³-hybridized carbons (Fsp3) is 1.00. The molecule has 112 valence electrons. The van der Waals surface area contributed by atoms with Crippen LogP contribution in [0.4, 0.5) is 0 Å². The maximum atomic E-state index is 10.7. The summed E-state index contributed by atoms with van der Waals surface area (Å²) >= 11 is 0. The zero-order valence-corrected chi connectivity index (χ0v) is 13.3. The van der Waals surface area contributed by atoms with E-state index >= 15 is 0 Å². The van der Waals surface area contributed by atoms with Gasteiger partial charge in [-0.15, -0.1) is 0 Å². The molecule has 2 rings (SSSR count). The van der Waals surface area contributed by atoms with E-state index in [1.165, 1.54) is 6.42 Å². The minimum atomic E-state index is -0.513. The smallest absolute Gasteiger partial charge is 0.0787 e. The van der Waals surface area contributed by atoms with Gasteiger partial charge in [0.25, 0.3) is 0 Å². The summed E-state index contributed by atoms with van der Waals surface area (Å²) in [5.41, 5.74) is -0.732. The van der Waals surface area contributed by atoms with E-state index in [2.05, 4.69) is 39.9 Å². The third-order valence-electron chi connectivity index (χ3n) is 4.82. The molecule has 2 fully saturated rings. The molecule has 1 saturated carbocycles. The molecular weight excluding hydrogens is 238 g/mol. The van der Waals surface area contributed by atoms with Crippen molar-refractivity contribution in [1.82, 2.24) is 5.32 Å². The zero-order chi connectivity index (χ0) is 14.3. The fourth-order valence-corrected chi connectivity index (χ4v) is 3.99. The van der Waals surface area contributed by atoms with Crippen LogP contribution in [0.2, 0.25) is 0 Å². The molecule has 3 nitrogen and oxygen atoms in total. The predicted molar refractivity (Wildman–Crippen MR) is 78.2 cm³/mol. The lowest BCUT2D eigenvalue weighted by atomic mass is 9.78. The molecule has 0 aromatic heterocycles. The average molecular weight is 269 g/mol. The summed E-state index contributed by atoms with van der Waals surface area (Å²) in [6.07, 6.45) is 5.27. The number of nitrogens with one attached hydrogen (secondary N) is 1. The van der Waals surface area contributed by atoms with Gasteiger partial charge in [0, 0.05) is 12.6 Å². The van der Waals surface area contributed by atoms with Crippen molar-refractivity contribution in [3.63, 3.8) is 0 Å². The van der Waals surface area contributed by atoms with Crippen LogP contribution in [0.15, 0.2) is 0 Å². The molecule has 1 aliphatic carbocycles. The first-order chi connectivity index (χ1) is 8.62. The maximum absolute atomic E-state index is 10.7. The van der Waals surface area contributed by atoms with E-state index in [-0.39, 0.29) is 11.2 Å². The molecule has 0 bridgehead atoms. The molecule has 19 heavy (non-hydrogen) atoms. The Balaban J connectivity index is 1.91. The van der Waals surface area contributed by atoms with Gasteiger partial charge in [0.05, 0.1) is 16.8 Å². The monoisotopic (exact) mass is 269 g/mol. The SMILES string of the molecule is CC1CCCC(O)(CNC2CC(C)(C)OC2(C)C)C1. The van der Waals surface area contributed by atoms with Crippen LogP contribution in [0.3, 0.4) is 0 Å². The van der Waals surface area contributed by atoms with Crippen LogP contribution in [0, 0.1) is 5.92 Å². The highest BCUT2D eigenvalue weighted by atomic mass is 16.5. The maximum Gasteiger partial charge on any atom is 0.0787 e. The first-order valence-electron chi connectivity index (χ1n) is 7.78. The lowest BCUT2D eigenvalue weighted by molar-refractivity contribution is -0.0724. The molecule has 0 amide bonds. The van der Waals surface area contributed by atoms with Crippen molar-refractivity contribution in [2.24, 2.45) is 5.92 Å². The van der Waals surface area contributed by atoms with Crippen molar-refractivity contribution < 1.29 is 9.84 Å². The third-order valence-corrected chi connectivity index (χ3v) is 4.82. The highest BCUT2D eigenvalue weighted by Crippen LogP contribution is 2.38. The first kappa shape index (κ1) is 15.3. The van der Waals surface area contributed by atoms with Gasteiger partial charge in [0.1, 0.15) is 0 Å². The highest BCUT2D eigenvalue weighted by molar-refractivity contribution is 5.00. The third kappa shape index (κ3) is 3.71. The van der Waals surface area contributed by atoms with E-state index in [1.54, 1.807) is 0 Å². The van der Waals surface area contributed by atoms with Gasteiger partial charge in [-0.1, -0.05) is 19.8 Å². The van der Waals surface area contributed by atoms with Crippen molar-refractivity contribution in [3.05, 3.63) is 0 Å². The summed E-state index contributed by atoms with van der Waals surface area (Å²) in [4.78, 5) is 0. The van der Waals surface area contributed by atoms with Crippen molar-refractivity contribution in [3.8, 4) is 0 Å². The second kappa shape index (κ2) is 5.01. The number of rotatable bonds is 3. The van der Waals surface area contributed by atoms with E-state index in [9.17, 15) is 5.11 Å². The number of aliphatic hydroxyl groups is 1. The summed E-state index contributed by atoms with van der Waals surface area (Å²) < 4.78 is 6.10. The summed E-state index contributed by atoms with van der Waals surface area (Å²) in [7, 11) is 0.